The molecule has 1 saturated heterocycles. The summed E-state index contributed by atoms with van der Waals surface area (Å²) in [5.74, 6) is -0.00389. The average Bonchev–Trinajstić information content (AvgIpc) is 3.18. The minimum atomic E-state index is -0.00389. The van der Waals surface area contributed by atoms with E-state index in [1.54, 1.807) is 11.3 Å². The van der Waals surface area contributed by atoms with E-state index in [-0.39, 0.29) is 24.2 Å². The number of amides is 1. The van der Waals surface area contributed by atoms with E-state index in [0.29, 0.717) is 6.54 Å². The van der Waals surface area contributed by atoms with E-state index < -0.39 is 0 Å². The Morgan fingerprint density at radius 1 is 1.33 bits per heavy atom. The molecule has 0 aliphatic carbocycles. The molecule has 8 heteroatoms. The number of anilines is 1. The first-order valence-electron chi connectivity index (χ1n) is 9.74. The molecule has 1 fully saturated rings. The van der Waals surface area contributed by atoms with Gasteiger partial charge >= 0.3 is 0 Å². The molecule has 1 aliphatic heterocycles. The zero-order chi connectivity index (χ0) is 19.6. The average molecular weight is 411 g/mol. The normalized spacial score (nSPS) is 22.1. The molecule has 0 aromatic carbocycles. The largest absolute Gasteiger partial charge is 0.373 e. The number of hydrogen-bond donors (Lipinski definition) is 1. The minimum absolute atomic E-state index is 0.00389. The van der Waals surface area contributed by atoms with Crippen LogP contribution in [0, 0.1) is 0 Å². The fraction of sp³-hybridized carbons (Fsp3) is 0.684. The standard InChI is InChI=1S/C19H30N4O2S2/c1-6-22(7-2)19-21-18-16(27-19)8-15(26-18)17(24)20-9-12(3)23-10-13(4)25-14(5)11-23/h8,12-14H,6-7,9-11H2,1-5H3,(H,20,24)/t12-,13-,14-/m0/s1. The number of aromatic nitrogens is 1. The Morgan fingerprint density at radius 3 is 2.59 bits per heavy atom. The van der Waals surface area contributed by atoms with Gasteiger partial charge < -0.3 is 15.0 Å². The van der Waals surface area contributed by atoms with Crippen LogP contribution < -0.4 is 10.2 Å². The number of hydrogen-bond acceptors (Lipinski definition) is 7. The second-order valence-corrected chi connectivity index (χ2v) is 9.26. The van der Waals surface area contributed by atoms with Crippen LogP contribution in [-0.4, -0.2) is 66.8 Å². The Hall–Kier alpha value is -1.22. The second kappa shape index (κ2) is 8.86. The van der Waals surface area contributed by atoms with Gasteiger partial charge in [-0.15, -0.1) is 11.3 Å². The molecule has 3 heterocycles. The first kappa shape index (κ1) is 20.5. The highest BCUT2D eigenvalue weighted by Crippen LogP contribution is 2.34. The first-order chi connectivity index (χ1) is 12.9. The van der Waals surface area contributed by atoms with Crippen LogP contribution in [0.2, 0.25) is 0 Å². The highest BCUT2D eigenvalue weighted by atomic mass is 32.1. The summed E-state index contributed by atoms with van der Waals surface area (Å²) in [6.45, 7) is 15.0. The number of carbonyl (C=O) groups is 1. The van der Waals surface area contributed by atoms with E-state index in [1.807, 2.05) is 6.07 Å². The maximum atomic E-state index is 12.6. The molecule has 0 radical (unpaired) electrons. The molecule has 0 unspecified atom stereocenters. The molecule has 27 heavy (non-hydrogen) atoms. The fourth-order valence-electron chi connectivity index (χ4n) is 3.50. The number of rotatable bonds is 7. The summed E-state index contributed by atoms with van der Waals surface area (Å²) < 4.78 is 6.89. The summed E-state index contributed by atoms with van der Waals surface area (Å²) in [7, 11) is 0. The lowest BCUT2D eigenvalue weighted by molar-refractivity contribution is -0.0778. The van der Waals surface area contributed by atoms with Crippen LogP contribution in [-0.2, 0) is 4.74 Å². The second-order valence-electron chi connectivity index (χ2n) is 7.22. The molecule has 0 spiro atoms. The van der Waals surface area contributed by atoms with Crippen molar-refractivity contribution in [1.29, 1.82) is 0 Å². The minimum Gasteiger partial charge on any atom is -0.373 e. The van der Waals surface area contributed by atoms with Gasteiger partial charge in [-0.25, -0.2) is 4.98 Å². The predicted molar refractivity (Wildman–Crippen MR) is 114 cm³/mol. The van der Waals surface area contributed by atoms with Gasteiger partial charge in [-0.3, -0.25) is 9.69 Å². The SMILES string of the molecule is CCN(CC)c1nc2sc(C(=O)NC[C@H](C)N3C[C@H](C)O[C@@H](C)C3)cc2s1. The highest BCUT2D eigenvalue weighted by Gasteiger charge is 2.26. The molecule has 1 N–H and O–H groups in total. The van der Waals surface area contributed by atoms with Crippen LogP contribution in [0.3, 0.4) is 0 Å². The number of nitrogens with zero attached hydrogens (tertiary/aromatic N) is 3. The van der Waals surface area contributed by atoms with E-state index >= 15 is 0 Å². The van der Waals surface area contributed by atoms with Gasteiger partial charge in [0.1, 0.15) is 4.83 Å². The maximum Gasteiger partial charge on any atom is 0.261 e. The van der Waals surface area contributed by atoms with Gasteiger partial charge in [0.25, 0.3) is 5.91 Å². The van der Waals surface area contributed by atoms with Crippen LogP contribution in [0.5, 0.6) is 0 Å². The third kappa shape index (κ3) is 4.80. The van der Waals surface area contributed by atoms with Crippen molar-refractivity contribution >= 4 is 43.2 Å². The number of fused-ring (bicyclic) bond motifs is 1. The molecule has 2 aromatic rings. The van der Waals surface area contributed by atoms with Gasteiger partial charge in [0, 0.05) is 38.8 Å². The van der Waals surface area contributed by atoms with E-state index in [4.69, 9.17) is 9.72 Å². The molecule has 2 aromatic heterocycles. The number of thiazole rings is 1. The summed E-state index contributed by atoms with van der Waals surface area (Å²) in [6.07, 6.45) is 0.476. The lowest BCUT2D eigenvalue weighted by atomic mass is 10.1. The summed E-state index contributed by atoms with van der Waals surface area (Å²) >= 11 is 3.14. The molecular weight excluding hydrogens is 380 g/mol. The number of thiophene rings is 1. The molecule has 3 rings (SSSR count). The molecule has 1 amide bonds. The van der Waals surface area contributed by atoms with Crippen molar-refractivity contribution in [3.05, 3.63) is 10.9 Å². The van der Waals surface area contributed by atoms with Crippen LogP contribution in [0.25, 0.3) is 9.53 Å². The van der Waals surface area contributed by atoms with Gasteiger partial charge in [-0.2, -0.15) is 0 Å². The summed E-state index contributed by atoms with van der Waals surface area (Å²) in [6, 6.07) is 2.26. The van der Waals surface area contributed by atoms with Crippen molar-refractivity contribution in [1.82, 2.24) is 15.2 Å². The van der Waals surface area contributed by atoms with Crippen molar-refractivity contribution in [2.75, 3.05) is 37.6 Å². The third-order valence-electron chi connectivity index (χ3n) is 4.97. The zero-order valence-corrected chi connectivity index (χ0v) is 18.5. The molecule has 1 aliphatic rings. The van der Waals surface area contributed by atoms with Gasteiger partial charge in [0.2, 0.25) is 0 Å². The molecule has 0 bridgehead atoms. The predicted octanol–water partition coefficient (Wildman–Crippen LogP) is 3.43. The van der Waals surface area contributed by atoms with E-state index in [1.165, 1.54) is 11.3 Å². The molecule has 3 atom stereocenters. The number of carbonyl (C=O) groups excluding carboxylic acids is 1. The lowest BCUT2D eigenvalue weighted by Gasteiger charge is -2.38. The van der Waals surface area contributed by atoms with Gasteiger partial charge in [-0.05, 0) is 40.7 Å². The Labute approximate surface area is 169 Å². The smallest absolute Gasteiger partial charge is 0.261 e. The van der Waals surface area contributed by atoms with Crippen molar-refractivity contribution in [3.63, 3.8) is 0 Å². The molecule has 6 nitrogen and oxygen atoms in total. The fourth-order valence-corrected chi connectivity index (χ4v) is 5.75. The van der Waals surface area contributed by atoms with Crippen molar-refractivity contribution < 1.29 is 9.53 Å². The van der Waals surface area contributed by atoms with Crippen LogP contribution >= 0.6 is 22.7 Å². The molecular formula is C19H30N4O2S2. The Bertz CT molecular complexity index is 729. The Balaban J connectivity index is 1.58. The number of nitrogens with one attached hydrogen (secondary N) is 1. The topological polar surface area (TPSA) is 57.7 Å². The molecule has 150 valence electrons. The third-order valence-corrected chi connectivity index (χ3v) is 7.19. The van der Waals surface area contributed by atoms with Gasteiger partial charge in [0.15, 0.2) is 5.13 Å². The van der Waals surface area contributed by atoms with Gasteiger partial charge in [0.05, 0.1) is 21.8 Å². The van der Waals surface area contributed by atoms with E-state index in [0.717, 1.165) is 45.7 Å². The van der Waals surface area contributed by atoms with Gasteiger partial charge in [-0.1, -0.05) is 11.3 Å². The number of morpholine rings is 1. The summed E-state index contributed by atoms with van der Waals surface area (Å²) in [5, 5.41) is 4.13. The summed E-state index contributed by atoms with van der Waals surface area (Å²) in [5.41, 5.74) is 0. The van der Waals surface area contributed by atoms with Crippen molar-refractivity contribution in [2.24, 2.45) is 0 Å². The Morgan fingerprint density at radius 2 is 2.00 bits per heavy atom. The zero-order valence-electron chi connectivity index (χ0n) is 16.8. The van der Waals surface area contributed by atoms with Crippen LogP contribution in [0.15, 0.2) is 6.07 Å². The van der Waals surface area contributed by atoms with Crippen molar-refractivity contribution in [3.8, 4) is 0 Å². The first-order valence-corrected chi connectivity index (χ1v) is 11.4. The highest BCUT2D eigenvalue weighted by molar-refractivity contribution is 7.29. The number of ether oxygens (including phenoxy) is 1. The van der Waals surface area contributed by atoms with E-state index in [9.17, 15) is 4.79 Å². The van der Waals surface area contributed by atoms with E-state index in [2.05, 4.69) is 49.7 Å². The van der Waals surface area contributed by atoms with Crippen LogP contribution in [0.1, 0.15) is 44.3 Å². The quantitative estimate of drug-likeness (QED) is 0.758. The maximum absolute atomic E-state index is 12.6. The molecule has 0 saturated carbocycles. The van der Waals surface area contributed by atoms with Crippen molar-refractivity contribution in [2.45, 2.75) is 52.9 Å². The Kier molecular flexibility index (Phi) is 6.73. The monoisotopic (exact) mass is 410 g/mol. The summed E-state index contributed by atoms with van der Waals surface area (Å²) in [4.78, 5) is 23.6. The lowest BCUT2D eigenvalue weighted by Crippen LogP contribution is -2.52. The van der Waals surface area contributed by atoms with Crippen LogP contribution in [0.4, 0.5) is 5.13 Å².